The van der Waals surface area contributed by atoms with E-state index < -0.39 is 5.60 Å². The molecule has 2 N–H and O–H groups in total. The van der Waals surface area contributed by atoms with E-state index in [-0.39, 0.29) is 40.8 Å². The summed E-state index contributed by atoms with van der Waals surface area (Å²) in [5.41, 5.74) is 0.164. The van der Waals surface area contributed by atoms with Crippen LogP contribution < -0.4 is 0 Å². The minimum Gasteiger partial charge on any atom is -0.459 e. The zero-order chi connectivity index (χ0) is 21.2. The van der Waals surface area contributed by atoms with Gasteiger partial charge in [0, 0.05) is 11.5 Å². The predicted octanol–water partition coefficient (Wildman–Crippen LogP) is 4.63. The van der Waals surface area contributed by atoms with E-state index >= 15 is 0 Å². The molecule has 2 unspecified atom stereocenters. The van der Waals surface area contributed by atoms with Crippen LogP contribution >= 0.6 is 0 Å². The lowest BCUT2D eigenvalue weighted by Gasteiger charge is -2.65. The van der Waals surface area contributed by atoms with E-state index in [1.165, 1.54) is 25.3 Å². The van der Waals surface area contributed by atoms with Gasteiger partial charge in [0.1, 0.15) is 12.2 Å². The van der Waals surface area contributed by atoms with Gasteiger partial charge in [-0.15, -0.1) is 0 Å². The van der Waals surface area contributed by atoms with Gasteiger partial charge in [0.25, 0.3) is 0 Å². The Balaban J connectivity index is 1.60. The van der Waals surface area contributed by atoms with Gasteiger partial charge in [0.15, 0.2) is 0 Å². The second-order valence-corrected chi connectivity index (χ2v) is 12.0. The van der Waals surface area contributed by atoms with E-state index in [0.717, 1.165) is 31.3 Å². The van der Waals surface area contributed by atoms with Crippen LogP contribution in [-0.2, 0) is 9.53 Å². The van der Waals surface area contributed by atoms with Crippen LogP contribution in [0.5, 0.6) is 0 Å². The second-order valence-electron chi connectivity index (χ2n) is 12.0. The number of carbonyl (C=O) groups is 1. The number of aliphatic hydroxyl groups excluding tert-OH is 1. The van der Waals surface area contributed by atoms with Gasteiger partial charge < -0.3 is 14.9 Å². The summed E-state index contributed by atoms with van der Waals surface area (Å²) in [7, 11) is 0. The summed E-state index contributed by atoms with van der Waals surface area (Å²) in [6.45, 7) is 11.0. The van der Waals surface area contributed by atoms with E-state index in [4.69, 9.17) is 4.74 Å². The standard InChI is InChI=1S/C25H40O4/c1-16(2)11-21(27)29-15-25(28)14-24-13-17(25)7-8-18(24)23(5)10-6-9-22(3,4)19(23)12-20(24)26/h11,17-20,26,28H,6-10,12-15H2,1-5H3/t17?,18-,19+,20?,23-,24+,25-/m0/s1. The molecule has 4 nitrogen and oxygen atoms in total. The Labute approximate surface area is 176 Å². The molecule has 0 aliphatic heterocycles. The van der Waals surface area contributed by atoms with Crippen LogP contribution in [0.1, 0.15) is 86.0 Å². The predicted molar refractivity (Wildman–Crippen MR) is 113 cm³/mol. The van der Waals surface area contributed by atoms with Crippen molar-refractivity contribution in [3.05, 3.63) is 11.6 Å². The average Bonchev–Trinajstić information content (AvgIpc) is 2.83. The third-order valence-electron chi connectivity index (χ3n) is 9.58. The molecule has 0 saturated heterocycles. The second kappa shape index (κ2) is 6.82. The largest absolute Gasteiger partial charge is 0.459 e. The molecule has 4 aliphatic rings. The molecule has 0 radical (unpaired) electrons. The van der Waals surface area contributed by atoms with Crippen LogP contribution in [0, 0.1) is 34.0 Å². The zero-order valence-electron chi connectivity index (χ0n) is 19.0. The number of hydrogen-bond acceptors (Lipinski definition) is 4. The van der Waals surface area contributed by atoms with Crippen molar-refractivity contribution in [2.75, 3.05) is 6.61 Å². The SMILES string of the molecule is CC(C)=CC(=O)OC[C@@]1(O)C[C@]23CC1CC[C@H]2[C@]1(C)CCCC(C)(C)[C@H]1CC3O. The van der Waals surface area contributed by atoms with Gasteiger partial charge in [-0.25, -0.2) is 4.79 Å². The molecule has 7 atom stereocenters. The molecular formula is C25H40O4. The van der Waals surface area contributed by atoms with E-state index in [1.54, 1.807) is 0 Å². The van der Waals surface area contributed by atoms with Crippen molar-refractivity contribution in [1.29, 1.82) is 0 Å². The summed E-state index contributed by atoms with van der Waals surface area (Å²) in [5.74, 6) is 0.723. The summed E-state index contributed by atoms with van der Waals surface area (Å²) in [5, 5.41) is 23.0. The van der Waals surface area contributed by atoms with Crippen molar-refractivity contribution in [3.63, 3.8) is 0 Å². The van der Waals surface area contributed by atoms with Gasteiger partial charge in [-0.2, -0.15) is 0 Å². The Morgan fingerprint density at radius 2 is 1.86 bits per heavy atom. The Bertz CT molecular complexity index is 708. The maximum atomic E-state index is 12.0. The van der Waals surface area contributed by atoms with E-state index in [1.807, 2.05) is 13.8 Å². The number of hydrogen-bond donors (Lipinski definition) is 2. The van der Waals surface area contributed by atoms with Crippen LogP contribution in [0.2, 0.25) is 0 Å². The first-order chi connectivity index (χ1) is 13.4. The third-order valence-corrected chi connectivity index (χ3v) is 9.58. The topological polar surface area (TPSA) is 66.8 Å². The number of carbonyl (C=O) groups excluding carboxylic acids is 1. The van der Waals surface area contributed by atoms with Gasteiger partial charge >= 0.3 is 5.97 Å². The number of fused-ring (bicyclic) bond motifs is 3. The first kappa shape index (κ1) is 21.4. The third kappa shape index (κ3) is 3.20. The highest BCUT2D eigenvalue weighted by Crippen LogP contribution is 2.72. The molecule has 0 amide bonds. The van der Waals surface area contributed by atoms with Crippen molar-refractivity contribution < 1.29 is 19.7 Å². The normalized spacial score (nSPS) is 47.7. The van der Waals surface area contributed by atoms with Crippen molar-refractivity contribution in [1.82, 2.24) is 0 Å². The van der Waals surface area contributed by atoms with Crippen LogP contribution in [0.3, 0.4) is 0 Å². The number of ether oxygens (including phenoxy) is 1. The highest BCUT2D eigenvalue weighted by Gasteiger charge is 2.70. The van der Waals surface area contributed by atoms with Crippen molar-refractivity contribution >= 4 is 5.97 Å². The summed E-state index contributed by atoms with van der Waals surface area (Å²) < 4.78 is 5.48. The average molecular weight is 405 g/mol. The summed E-state index contributed by atoms with van der Waals surface area (Å²) >= 11 is 0. The first-order valence-electron chi connectivity index (χ1n) is 11.7. The molecule has 4 saturated carbocycles. The Hall–Kier alpha value is -0.870. The van der Waals surface area contributed by atoms with Gasteiger partial charge in [0.2, 0.25) is 0 Å². The maximum absolute atomic E-state index is 12.0. The number of allylic oxidation sites excluding steroid dienone is 1. The molecule has 0 aromatic carbocycles. The molecule has 4 fully saturated rings. The fourth-order valence-electron chi connectivity index (χ4n) is 8.47. The fraction of sp³-hybridized carbons (Fsp3) is 0.880. The van der Waals surface area contributed by atoms with E-state index in [0.29, 0.717) is 18.3 Å². The molecule has 29 heavy (non-hydrogen) atoms. The van der Waals surface area contributed by atoms with Crippen molar-refractivity contribution in [2.24, 2.45) is 34.0 Å². The summed E-state index contributed by atoms with van der Waals surface area (Å²) in [6.07, 6.45) is 9.19. The Kier molecular flexibility index (Phi) is 5.02. The summed E-state index contributed by atoms with van der Waals surface area (Å²) in [6, 6.07) is 0. The lowest BCUT2D eigenvalue weighted by molar-refractivity contribution is -0.198. The molecule has 0 aromatic heterocycles. The minimum atomic E-state index is -1.01. The first-order valence-corrected chi connectivity index (χ1v) is 11.7. The van der Waals surface area contributed by atoms with E-state index in [2.05, 4.69) is 20.8 Å². The highest BCUT2D eigenvalue weighted by atomic mass is 16.5. The fourth-order valence-corrected chi connectivity index (χ4v) is 8.47. The Morgan fingerprint density at radius 3 is 2.55 bits per heavy atom. The molecule has 164 valence electrons. The molecule has 4 rings (SSSR count). The van der Waals surface area contributed by atoms with Gasteiger partial charge in [-0.05, 0) is 87.4 Å². The molecule has 1 spiro atoms. The lowest BCUT2D eigenvalue weighted by Crippen LogP contribution is -2.61. The monoisotopic (exact) mass is 404 g/mol. The van der Waals surface area contributed by atoms with Gasteiger partial charge in [-0.3, -0.25) is 0 Å². The van der Waals surface area contributed by atoms with E-state index in [9.17, 15) is 15.0 Å². The van der Waals surface area contributed by atoms with Crippen molar-refractivity contribution in [2.45, 2.75) is 97.7 Å². The maximum Gasteiger partial charge on any atom is 0.330 e. The lowest BCUT2D eigenvalue weighted by atomic mass is 9.40. The Morgan fingerprint density at radius 1 is 1.14 bits per heavy atom. The molecular weight excluding hydrogens is 364 g/mol. The molecule has 4 aliphatic carbocycles. The summed E-state index contributed by atoms with van der Waals surface area (Å²) in [4.78, 5) is 12.0. The van der Waals surface area contributed by atoms with Crippen LogP contribution in [-0.4, -0.2) is 34.5 Å². The van der Waals surface area contributed by atoms with Crippen LogP contribution in [0.25, 0.3) is 0 Å². The number of esters is 1. The van der Waals surface area contributed by atoms with Gasteiger partial charge in [0.05, 0.1) is 6.10 Å². The van der Waals surface area contributed by atoms with Gasteiger partial charge in [-0.1, -0.05) is 32.8 Å². The molecule has 0 aromatic rings. The number of aliphatic hydroxyl groups is 2. The molecule has 4 heteroatoms. The minimum absolute atomic E-state index is 0.0487. The van der Waals surface area contributed by atoms with Crippen molar-refractivity contribution in [3.8, 4) is 0 Å². The molecule has 0 heterocycles. The zero-order valence-corrected chi connectivity index (χ0v) is 19.0. The highest BCUT2D eigenvalue weighted by molar-refractivity contribution is 5.82. The molecule has 2 bridgehead atoms. The number of rotatable bonds is 3. The van der Waals surface area contributed by atoms with Crippen LogP contribution in [0.15, 0.2) is 11.6 Å². The quantitative estimate of drug-likeness (QED) is 0.532. The van der Waals surface area contributed by atoms with Crippen LogP contribution in [0.4, 0.5) is 0 Å². The smallest absolute Gasteiger partial charge is 0.330 e.